The van der Waals surface area contributed by atoms with E-state index in [-0.39, 0.29) is 19.6 Å². The van der Waals surface area contributed by atoms with E-state index < -0.39 is 30.2 Å². The van der Waals surface area contributed by atoms with Crippen LogP contribution in [0.15, 0.2) is 121 Å². The van der Waals surface area contributed by atoms with Crippen LogP contribution < -0.4 is 0 Å². The molecule has 0 amide bonds. The highest BCUT2D eigenvalue weighted by molar-refractivity contribution is 7.09. The van der Waals surface area contributed by atoms with Crippen LogP contribution in [-0.2, 0) is 54.6 Å². The molecule has 7 nitrogen and oxygen atoms in total. The first-order chi connectivity index (χ1) is 23.1. The predicted molar refractivity (Wildman–Crippen MR) is 187 cm³/mol. The van der Waals surface area contributed by atoms with Gasteiger partial charge in [0.05, 0.1) is 39.6 Å². The van der Waals surface area contributed by atoms with E-state index in [1.54, 1.807) is 0 Å². The molecule has 2 unspecified atom stereocenters. The maximum atomic E-state index is 12.3. The van der Waals surface area contributed by atoms with Crippen molar-refractivity contribution in [3.05, 3.63) is 144 Å². The number of hydrogen-bond acceptors (Lipinski definition) is 7. The zero-order valence-corrected chi connectivity index (χ0v) is 28.6. The lowest BCUT2D eigenvalue weighted by molar-refractivity contribution is -0.372. The molecule has 0 radical (unpaired) electrons. The second kappa shape index (κ2) is 20.4. The number of rotatable bonds is 17. The number of benzene rings is 4. The van der Waals surface area contributed by atoms with Crippen molar-refractivity contribution in [3.8, 4) is 0 Å². The van der Waals surface area contributed by atoms with E-state index >= 15 is 0 Å². The highest BCUT2D eigenvalue weighted by Crippen LogP contribution is 2.38. The van der Waals surface area contributed by atoms with Gasteiger partial charge in [-0.15, -0.1) is 0 Å². The zero-order chi connectivity index (χ0) is 33.2. The summed E-state index contributed by atoms with van der Waals surface area (Å²) >= 11 is 0. The summed E-state index contributed by atoms with van der Waals surface area (Å²) in [6.45, 7) is 5.93. The largest absolute Gasteiger partial charge is 0.374 e. The molecule has 0 aromatic heterocycles. The quantitative estimate of drug-likeness (QED) is 0.0921. The van der Waals surface area contributed by atoms with E-state index in [2.05, 4.69) is 9.47 Å². The lowest BCUT2D eigenvalue weighted by atomic mass is 9.89. The molecular formula is C39H49O7P. The Bertz CT molecular complexity index is 1360. The molecular weight excluding hydrogens is 611 g/mol. The molecule has 1 N–H and O–H groups in total. The fraction of sp³-hybridized carbons (Fsp3) is 0.385. The van der Waals surface area contributed by atoms with Crippen LogP contribution in [0.25, 0.3) is 0 Å². The third-order valence-corrected chi connectivity index (χ3v) is 8.06. The van der Waals surface area contributed by atoms with Crippen molar-refractivity contribution in [2.75, 3.05) is 13.2 Å². The van der Waals surface area contributed by atoms with Gasteiger partial charge in [-0.05, 0) is 28.7 Å². The lowest BCUT2D eigenvalue weighted by Crippen LogP contribution is -2.67. The van der Waals surface area contributed by atoms with Gasteiger partial charge in [0.1, 0.15) is 24.4 Å². The molecule has 1 aliphatic rings. The van der Waals surface area contributed by atoms with Crippen LogP contribution in [0, 0.1) is 0 Å². The molecule has 5 rings (SSSR count). The van der Waals surface area contributed by atoms with Crippen LogP contribution >= 0.6 is 9.47 Å². The van der Waals surface area contributed by atoms with Crippen LogP contribution in [0.1, 0.15) is 48.9 Å². The number of ether oxygens (including phenoxy) is 5. The Labute approximate surface area is 282 Å². The molecule has 1 aliphatic heterocycles. The third-order valence-electron chi connectivity index (χ3n) is 7.82. The Morgan fingerprint density at radius 3 is 1.51 bits per heavy atom. The molecule has 4 aromatic rings. The van der Waals surface area contributed by atoms with Gasteiger partial charge >= 0.3 is 0 Å². The standard InChI is InChI=1S/C37H43O7P.C2H6/c38-37(22-13-23-43-45)36(42-27-32-20-11-4-12-21-32)35(41-26-31-18-9-3-10-19-31)34(40-25-30-16-7-2-8-17-30)33(44-37)28-39-24-29-14-5-1-6-15-29;1-2/h1-12,14-21,33-36,38H,13,22-28,45H2;1-2H3/t33-,34-,35+,36-,37?;/m1./s1. The fourth-order valence-electron chi connectivity index (χ4n) is 5.55. The first-order valence-electron chi connectivity index (χ1n) is 16.4. The van der Waals surface area contributed by atoms with Gasteiger partial charge in [0.25, 0.3) is 0 Å². The second-order valence-corrected chi connectivity index (χ2v) is 11.5. The topological polar surface area (TPSA) is 75.6 Å². The summed E-state index contributed by atoms with van der Waals surface area (Å²) in [7, 11) is 2.26. The fourth-order valence-corrected chi connectivity index (χ4v) is 5.71. The molecule has 0 bridgehead atoms. The van der Waals surface area contributed by atoms with Crippen molar-refractivity contribution in [1.29, 1.82) is 0 Å². The minimum atomic E-state index is -1.69. The van der Waals surface area contributed by atoms with Gasteiger partial charge in [-0.1, -0.05) is 135 Å². The van der Waals surface area contributed by atoms with E-state index in [4.69, 9.17) is 28.2 Å². The first kappa shape index (κ1) is 36.9. The predicted octanol–water partition coefficient (Wildman–Crippen LogP) is 7.66. The van der Waals surface area contributed by atoms with Crippen LogP contribution in [0.5, 0.6) is 0 Å². The Hall–Kier alpha value is -2.97. The Morgan fingerprint density at radius 1 is 0.617 bits per heavy atom. The molecule has 1 fully saturated rings. The second-order valence-electron chi connectivity index (χ2n) is 11.2. The van der Waals surface area contributed by atoms with Crippen LogP contribution in [0.2, 0.25) is 0 Å². The number of hydrogen-bond donors (Lipinski definition) is 1. The summed E-state index contributed by atoms with van der Waals surface area (Å²) in [5, 5.41) is 12.3. The van der Waals surface area contributed by atoms with Crippen LogP contribution in [-0.4, -0.2) is 48.5 Å². The highest BCUT2D eigenvalue weighted by Gasteiger charge is 2.56. The van der Waals surface area contributed by atoms with Gasteiger partial charge in [-0.25, -0.2) is 0 Å². The van der Waals surface area contributed by atoms with Gasteiger partial charge in [-0.3, -0.25) is 0 Å². The van der Waals surface area contributed by atoms with Gasteiger partial charge in [0.15, 0.2) is 5.79 Å². The van der Waals surface area contributed by atoms with Gasteiger partial charge in [-0.2, -0.15) is 0 Å². The summed E-state index contributed by atoms with van der Waals surface area (Å²) in [5.74, 6) is -1.69. The maximum absolute atomic E-state index is 12.3. The average molecular weight is 661 g/mol. The van der Waals surface area contributed by atoms with Crippen molar-refractivity contribution >= 4 is 9.47 Å². The molecule has 1 heterocycles. The first-order valence-corrected chi connectivity index (χ1v) is 16.9. The van der Waals surface area contributed by atoms with Gasteiger partial charge in [0, 0.05) is 15.9 Å². The van der Waals surface area contributed by atoms with Crippen molar-refractivity contribution in [2.45, 2.75) is 83.3 Å². The monoisotopic (exact) mass is 660 g/mol. The molecule has 47 heavy (non-hydrogen) atoms. The minimum absolute atomic E-state index is 0.188. The SMILES string of the molecule is CC.OC1(CCCOP)O[C@H](COCc2ccccc2)[C@@H](OCc2ccccc2)[C@H](OCc2ccccc2)[C@H]1OCc1ccccc1. The van der Waals surface area contributed by atoms with Crippen molar-refractivity contribution in [2.24, 2.45) is 0 Å². The molecule has 4 aromatic carbocycles. The van der Waals surface area contributed by atoms with E-state index in [0.717, 1.165) is 22.3 Å². The number of aliphatic hydroxyl groups is 1. The Kier molecular flexibility index (Phi) is 16.0. The molecule has 0 aliphatic carbocycles. The minimum Gasteiger partial charge on any atom is -0.374 e. The van der Waals surface area contributed by atoms with Crippen molar-refractivity contribution < 1.29 is 33.3 Å². The smallest absolute Gasteiger partial charge is 0.195 e. The van der Waals surface area contributed by atoms with Gasteiger partial charge in [0.2, 0.25) is 0 Å². The Balaban J connectivity index is 0.00000245. The van der Waals surface area contributed by atoms with E-state index in [1.165, 1.54) is 0 Å². The Morgan fingerprint density at radius 2 is 1.04 bits per heavy atom. The third kappa shape index (κ3) is 11.6. The summed E-state index contributed by atoms with van der Waals surface area (Å²) < 4.78 is 37.9. The normalized spacial score (nSPS) is 22.3. The van der Waals surface area contributed by atoms with Crippen molar-refractivity contribution in [1.82, 2.24) is 0 Å². The lowest BCUT2D eigenvalue weighted by Gasteiger charge is -2.50. The molecule has 0 spiro atoms. The summed E-state index contributed by atoms with van der Waals surface area (Å²) in [6.07, 6.45) is -1.98. The summed E-state index contributed by atoms with van der Waals surface area (Å²) in [5.41, 5.74) is 4.04. The maximum Gasteiger partial charge on any atom is 0.195 e. The molecule has 8 heteroatoms. The van der Waals surface area contributed by atoms with Gasteiger partial charge < -0.3 is 33.3 Å². The van der Waals surface area contributed by atoms with E-state index in [9.17, 15) is 5.11 Å². The molecule has 252 valence electrons. The highest BCUT2D eigenvalue weighted by atomic mass is 31.0. The van der Waals surface area contributed by atoms with E-state index in [0.29, 0.717) is 32.8 Å². The van der Waals surface area contributed by atoms with Crippen LogP contribution in [0.3, 0.4) is 0 Å². The summed E-state index contributed by atoms with van der Waals surface area (Å²) in [4.78, 5) is 0. The molecule has 0 saturated carbocycles. The van der Waals surface area contributed by atoms with E-state index in [1.807, 2.05) is 135 Å². The summed E-state index contributed by atoms with van der Waals surface area (Å²) in [6, 6.07) is 39.8. The molecule has 6 atom stereocenters. The van der Waals surface area contributed by atoms with Crippen LogP contribution in [0.4, 0.5) is 0 Å². The molecule has 1 saturated heterocycles. The zero-order valence-electron chi connectivity index (χ0n) is 27.5. The van der Waals surface area contributed by atoms with Crippen molar-refractivity contribution in [3.63, 3.8) is 0 Å². The average Bonchev–Trinajstić information content (AvgIpc) is 3.12.